The maximum Gasteiger partial charge on any atom is 0.242 e. The van der Waals surface area contributed by atoms with Crippen LogP contribution in [0.1, 0.15) is 5.56 Å². The molecule has 5 nitrogen and oxygen atoms in total. The highest BCUT2D eigenvalue weighted by atomic mass is 35.5. The van der Waals surface area contributed by atoms with E-state index in [9.17, 15) is 8.42 Å². The molecule has 0 saturated heterocycles. The number of oxime groups is 1. The number of hydrogen-bond acceptors (Lipinski definition) is 4. The first-order valence-corrected chi connectivity index (χ1v) is 9.26. The van der Waals surface area contributed by atoms with Crippen molar-refractivity contribution in [2.45, 2.75) is 4.90 Å². The summed E-state index contributed by atoms with van der Waals surface area (Å²) in [6, 6.07) is 11.1. The number of hydrogen-bond donors (Lipinski definition) is 1. The molecule has 0 unspecified atom stereocenters. The van der Waals surface area contributed by atoms with Gasteiger partial charge in [-0.05, 0) is 24.3 Å². The molecular weight excluding hydrogens is 395 g/mol. The van der Waals surface area contributed by atoms with Gasteiger partial charge < -0.3 is 4.84 Å². The number of benzene rings is 2. The Labute approximate surface area is 155 Å². The van der Waals surface area contributed by atoms with Crippen molar-refractivity contribution in [3.8, 4) is 0 Å². The molecule has 0 fully saturated rings. The number of nitrogens with one attached hydrogen (secondary N) is 1. The lowest BCUT2D eigenvalue weighted by atomic mass is 10.1. The second-order valence-electron chi connectivity index (χ2n) is 4.60. The van der Waals surface area contributed by atoms with Gasteiger partial charge in [0, 0.05) is 10.6 Å². The monoisotopic (exact) mass is 406 g/mol. The van der Waals surface area contributed by atoms with Gasteiger partial charge in [-0.2, -0.15) is 0 Å². The lowest BCUT2D eigenvalue weighted by Gasteiger charge is -2.11. The topological polar surface area (TPSA) is 67.8 Å². The highest BCUT2D eigenvalue weighted by Crippen LogP contribution is 2.28. The predicted octanol–water partition coefficient (Wildman–Crippen LogP) is 3.98. The fraction of sp³-hybridized carbons (Fsp3) is 0.133. The standard InChI is InChI=1S/C15H13Cl3N2O3S/c1-23-20-13(10-5-7-11(16)8-6-10)9-19-24(21,22)14-4-2-3-12(17)15(14)18/h2-8,19H,9H2,1H3/b20-13+. The van der Waals surface area contributed by atoms with Crippen LogP contribution in [0.4, 0.5) is 0 Å². The Morgan fingerprint density at radius 3 is 2.42 bits per heavy atom. The Morgan fingerprint density at radius 1 is 1.12 bits per heavy atom. The van der Waals surface area contributed by atoms with Crippen LogP contribution in [0.2, 0.25) is 15.1 Å². The zero-order valence-corrected chi connectivity index (χ0v) is 15.5. The molecule has 1 N–H and O–H groups in total. The predicted molar refractivity (Wildman–Crippen MR) is 96.6 cm³/mol. The largest absolute Gasteiger partial charge is 0.399 e. The molecule has 24 heavy (non-hydrogen) atoms. The third kappa shape index (κ3) is 4.62. The van der Waals surface area contributed by atoms with E-state index >= 15 is 0 Å². The summed E-state index contributed by atoms with van der Waals surface area (Å²) in [5.74, 6) is 0. The fourth-order valence-electron chi connectivity index (χ4n) is 1.87. The average molecular weight is 408 g/mol. The summed E-state index contributed by atoms with van der Waals surface area (Å²) < 4.78 is 27.3. The number of nitrogens with zero attached hydrogens (tertiary/aromatic N) is 1. The van der Waals surface area contributed by atoms with Crippen molar-refractivity contribution in [2.75, 3.05) is 13.7 Å². The summed E-state index contributed by atoms with van der Waals surface area (Å²) >= 11 is 17.7. The van der Waals surface area contributed by atoms with E-state index in [2.05, 4.69) is 9.88 Å². The van der Waals surface area contributed by atoms with E-state index in [1.54, 1.807) is 24.3 Å². The summed E-state index contributed by atoms with van der Waals surface area (Å²) in [6.45, 7) is -0.0966. The molecule has 128 valence electrons. The molecule has 0 aliphatic heterocycles. The first-order valence-electron chi connectivity index (χ1n) is 6.65. The number of halogens is 3. The van der Waals surface area contributed by atoms with Crippen molar-refractivity contribution < 1.29 is 13.3 Å². The van der Waals surface area contributed by atoms with E-state index in [1.165, 1.54) is 25.3 Å². The van der Waals surface area contributed by atoms with Crippen LogP contribution in [0.3, 0.4) is 0 Å². The van der Waals surface area contributed by atoms with Crippen molar-refractivity contribution in [2.24, 2.45) is 5.16 Å². The van der Waals surface area contributed by atoms with Gasteiger partial charge in [0.25, 0.3) is 0 Å². The Bertz CT molecular complexity index is 853. The minimum absolute atomic E-state index is 0.0385. The second kappa shape index (κ2) is 8.18. The first kappa shape index (κ1) is 19.0. The quantitative estimate of drug-likeness (QED) is 0.582. The maximum absolute atomic E-state index is 12.4. The highest BCUT2D eigenvalue weighted by molar-refractivity contribution is 7.89. The van der Waals surface area contributed by atoms with Gasteiger partial charge in [-0.15, -0.1) is 0 Å². The fourth-order valence-corrected chi connectivity index (χ4v) is 3.75. The number of rotatable bonds is 6. The van der Waals surface area contributed by atoms with E-state index in [1.807, 2.05) is 0 Å². The lowest BCUT2D eigenvalue weighted by Crippen LogP contribution is -2.30. The molecular formula is C15H13Cl3N2O3S. The molecule has 2 aromatic rings. The van der Waals surface area contributed by atoms with Gasteiger partial charge in [-0.25, -0.2) is 13.1 Å². The van der Waals surface area contributed by atoms with E-state index in [-0.39, 0.29) is 21.5 Å². The summed E-state index contributed by atoms with van der Waals surface area (Å²) in [5.41, 5.74) is 1.05. The van der Waals surface area contributed by atoms with E-state index in [0.29, 0.717) is 16.3 Å². The minimum atomic E-state index is -3.87. The normalized spacial score (nSPS) is 12.2. The molecule has 2 aromatic carbocycles. The van der Waals surface area contributed by atoms with Gasteiger partial charge in [-0.1, -0.05) is 58.2 Å². The maximum atomic E-state index is 12.4. The third-order valence-electron chi connectivity index (χ3n) is 3.01. The van der Waals surface area contributed by atoms with Crippen LogP contribution in [-0.2, 0) is 14.9 Å². The summed E-state index contributed by atoms with van der Waals surface area (Å²) in [4.78, 5) is 4.67. The van der Waals surface area contributed by atoms with Gasteiger partial charge in [0.15, 0.2) is 0 Å². The molecule has 9 heteroatoms. The molecule has 0 amide bonds. The van der Waals surface area contributed by atoms with Crippen LogP contribution in [0.15, 0.2) is 52.5 Å². The molecule has 0 aromatic heterocycles. The highest BCUT2D eigenvalue weighted by Gasteiger charge is 2.20. The van der Waals surface area contributed by atoms with Crippen LogP contribution >= 0.6 is 34.8 Å². The zero-order valence-electron chi connectivity index (χ0n) is 12.5. The van der Waals surface area contributed by atoms with Gasteiger partial charge in [-0.3, -0.25) is 0 Å². The van der Waals surface area contributed by atoms with Gasteiger partial charge in [0.2, 0.25) is 10.0 Å². The first-order chi connectivity index (χ1) is 11.3. The van der Waals surface area contributed by atoms with Crippen LogP contribution in [0.25, 0.3) is 0 Å². The van der Waals surface area contributed by atoms with E-state index in [4.69, 9.17) is 39.6 Å². The van der Waals surface area contributed by atoms with Crippen molar-refractivity contribution in [3.05, 3.63) is 63.1 Å². The van der Waals surface area contributed by atoms with Crippen molar-refractivity contribution >= 4 is 50.5 Å². The van der Waals surface area contributed by atoms with Crippen molar-refractivity contribution in [1.82, 2.24) is 4.72 Å². The molecule has 0 saturated carbocycles. The van der Waals surface area contributed by atoms with Crippen LogP contribution < -0.4 is 4.72 Å². The van der Waals surface area contributed by atoms with Crippen molar-refractivity contribution in [1.29, 1.82) is 0 Å². The average Bonchev–Trinajstić information content (AvgIpc) is 2.55. The molecule has 2 rings (SSSR count). The minimum Gasteiger partial charge on any atom is -0.399 e. The lowest BCUT2D eigenvalue weighted by molar-refractivity contribution is 0.213. The molecule has 0 atom stereocenters. The van der Waals surface area contributed by atoms with Gasteiger partial charge in [0.1, 0.15) is 17.7 Å². The SMILES string of the molecule is CO/N=C(\CNS(=O)(=O)c1cccc(Cl)c1Cl)c1ccc(Cl)cc1. The van der Waals surface area contributed by atoms with Gasteiger partial charge in [0.05, 0.1) is 16.6 Å². The molecule has 0 aliphatic carbocycles. The Morgan fingerprint density at radius 2 is 1.79 bits per heavy atom. The van der Waals surface area contributed by atoms with Gasteiger partial charge >= 0.3 is 0 Å². The Hall–Kier alpha value is -1.31. The van der Waals surface area contributed by atoms with Crippen LogP contribution in [-0.4, -0.2) is 27.8 Å². The molecule has 0 bridgehead atoms. The number of sulfonamides is 1. The smallest absolute Gasteiger partial charge is 0.242 e. The third-order valence-corrected chi connectivity index (χ3v) is 5.64. The van der Waals surface area contributed by atoms with Crippen molar-refractivity contribution in [3.63, 3.8) is 0 Å². The molecule has 0 radical (unpaired) electrons. The summed E-state index contributed by atoms with van der Waals surface area (Å²) in [6.07, 6.45) is 0. The summed E-state index contributed by atoms with van der Waals surface area (Å²) in [7, 11) is -2.50. The Kier molecular flexibility index (Phi) is 6.48. The van der Waals surface area contributed by atoms with Crippen LogP contribution in [0.5, 0.6) is 0 Å². The van der Waals surface area contributed by atoms with Crippen LogP contribution in [0, 0.1) is 0 Å². The van der Waals surface area contributed by atoms with E-state index < -0.39 is 10.0 Å². The molecule has 0 heterocycles. The molecule has 0 aliphatic rings. The second-order valence-corrected chi connectivity index (χ2v) is 7.56. The Balaban J connectivity index is 2.24. The summed E-state index contributed by atoms with van der Waals surface area (Å²) in [5, 5.41) is 4.52. The zero-order chi connectivity index (χ0) is 17.7. The molecule has 0 spiro atoms. The van der Waals surface area contributed by atoms with E-state index in [0.717, 1.165) is 0 Å².